The lowest BCUT2D eigenvalue weighted by Crippen LogP contribution is -2.47. The van der Waals surface area contributed by atoms with E-state index in [4.69, 9.17) is 0 Å². The molecular weight excluding hydrogens is 364 g/mol. The third-order valence-corrected chi connectivity index (χ3v) is 5.87. The summed E-state index contributed by atoms with van der Waals surface area (Å²) in [6.45, 7) is 2.99. The molecule has 3 amide bonds. The average Bonchev–Trinajstić information content (AvgIpc) is 3.32. The lowest BCUT2D eigenvalue weighted by Gasteiger charge is -2.34. The van der Waals surface area contributed by atoms with Crippen molar-refractivity contribution in [2.45, 2.75) is 25.7 Å². The molecule has 3 heterocycles. The molecule has 0 bridgehead atoms. The number of imide groups is 1. The van der Waals surface area contributed by atoms with Gasteiger partial charge in [-0.3, -0.25) is 34.3 Å². The highest BCUT2D eigenvalue weighted by Crippen LogP contribution is 2.31. The Morgan fingerprint density at radius 1 is 1.07 bits per heavy atom. The predicted octanol–water partition coefficient (Wildman–Crippen LogP) is 1.48. The standard InChI is InChI=1S/C19H22N4O5/c24-17(21-8-1-2-9-21)13-6-10-20(11-7-13)12-22-18(25)14-4-3-5-15(23(27)28)16(14)19(22)26/h3-5,13H,1-2,6-12H2. The minimum atomic E-state index is -0.636. The van der Waals surface area contributed by atoms with Crippen LogP contribution < -0.4 is 0 Å². The molecule has 28 heavy (non-hydrogen) atoms. The Hall–Kier alpha value is -2.81. The van der Waals surface area contributed by atoms with Crippen LogP contribution in [0, 0.1) is 16.0 Å². The number of amides is 3. The van der Waals surface area contributed by atoms with Crippen molar-refractivity contribution < 1.29 is 19.3 Å². The molecule has 2 fully saturated rings. The molecule has 0 spiro atoms. The quantitative estimate of drug-likeness (QED) is 0.441. The zero-order chi connectivity index (χ0) is 19.8. The molecule has 0 unspecified atom stereocenters. The fraction of sp³-hybridized carbons (Fsp3) is 0.526. The van der Waals surface area contributed by atoms with Crippen LogP contribution in [-0.2, 0) is 4.79 Å². The molecule has 2 saturated heterocycles. The van der Waals surface area contributed by atoms with Crippen LogP contribution in [0.2, 0.25) is 0 Å². The molecule has 4 rings (SSSR count). The van der Waals surface area contributed by atoms with Gasteiger partial charge in [0.1, 0.15) is 5.56 Å². The van der Waals surface area contributed by atoms with Gasteiger partial charge in [-0.1, -0.05) is 6.07 Å². The van der Waals surface area contributed by atoms with Crippen molar-refractivity contribution in [3.05, 3.63) is 39.4 Å². The fourth-order valence-corrected chi connectivity index (χ4v) is 4.31. The van der Waals surface area contributed by atoms with E-state index in [0.29, 0.717) is 25.9 Å². The number of nitro benzene ring substituents is 1. The first-order valence-corrected chi connectivity index (χ1v) is 9.62. The van der Waals surface area contributed by atoms with E-state index in [1.165, 1.54) is 18.2 Å². The number of rotatable bonds is 4. The maximum atomic E-state index is 12.7. The zero-order valence-corrected chi connectivity index (χ0v) is 15.5. The van der Waals surface area contributed by atoms with Gasteiger partial charge in [0.25, 0.3) is 17.5 Å². The van der Waals surface area contributed by atoms with Crippen molar-refractivity contribution in [1.29, 1.82) is 0 Å². The van der Waals surface area contributed by atoms with Crippen LogP contribution in [0.3, 0.4) is 0 Å². The van der Waals surface area contributed by atoms with Crippen LogP contribution in [0.4, 0.5) is 5.69 Å². The Balaban J connectivity index is 1.40. The van der Waals surface area contributed by atoms with Gasteiger partial charge in [-0.05, 0) is 31.7 Å². The number of carbonyl (C=O) groups is 3. The average molecular weight is 386 g/mol. The van der Waals surface area contributed by atoms with Crippen LogP contribution in [0.1, 0.15) is 46.4 Å². The first-order chi connectivity index (χ1) is 13.5. The van der Waals surface area contributed by atoms with Gasteiger partial charge in [-0.25, -0.2) is 0 Å². The van der Waals surface area contributed by atoms with Crippen LogP contribution in [0.25, 0.3) is 0 Å². The van der Waals surface area contributed by atoms with E-state index in [0.717, 1.165) is 30.8 Å². The minimum absolute atomic E-state index is 0.00221. The summed E-state index contributed by atoms with van der Waals surface area (Å²) >= 11 is 0. The van der Waals surface area contributed by atoms with Gasteiger partial charge < -0.3 is 4.90 Å². The predicted molar refractivity (Wildman–Crippen MR) is 98.6 cm³/mol. The third-order valence-electron chi connectivity index (χ3n) is 5.87. The molecule has 3 aliphatic heterocycles. The number of hydrogen-bond donors (Lipinski definition) is 0. The largest absolute Gasteiger partial charge is 0.342 e. The second-order valence-corrected chi connectivity index (χ2v) is 7.56. The van der Waals surface area contributed by atoms with Crippen molar-refractivity contribution in [1.82, 2.24) is 14.7 Å². The Morgan fingerprint density at radius 2 is 1.75 bits per heavy atom. The second-order valence-electron chi connectivity index (χ2n) is 7.56. The zero-order valence-electron chi connectivity index (χ0n) is 15.5. The topological polar surface area (TPSA) is 104 Å². The molecule has 0 aliphatic carbocycles. The second kappa shape index (κ2) is 7.31. The summed E-state index contributed by atoms with van der Waals surface area (Å²) in [6, 6.07) is 4.10. The maximum Gasteiger partial charge on any atom is 0.282 e. The van der Waals surface area contributed by atoms with E-state index in [-0.39, 0.29) is 35.3 Å². The van der Waals surface area contributed by atoms with Crippen molar-refractivity contribution in [2.24, 2.45) is 5.92 Å². The van der Waals surface area contributed by atoms with E-state index < -0.39 is 16.7 Å². The molecular formula is C19H22N4O5. The molecule has 0 saturated carbocycles. The summed E-state index contributed by atoms with van der Waals surface area (Å²) in [5.74, 6) is -0.910. The Kier molecular flexibility index (Phi) is 4.84. The number of benzene rings is 1. The van der Waals surface area contributed by atoms with Gasteiger partial charge in [-0.2, -0.15) is 0 Å². The Morgan fingerprint density at radius 3 is 2.39 bits per heavy atom. The molecule has 9 heteroatoms. The van der Waals surface area contributed by atoms with Gasteiger partial charge in [-0.15, -0.1) is 0 Å². The van der Waals surface area contributed by atoms with Gasteiger partial charge in [0, 0.05) is 38.2 Å². The molecule has 0 aromatic heterocycles. The van der Waals surface area contributed by atoms with Crippen LogP contribution in [0.15, 0.2) is 18.2 Å². The Labute approximate surface area is 162 Å². The lowest BCUT2D eigenvalue weighted by molar-refractivity contribution is -0.385. The molecule has 0 N–H and O–H groups in total. The Bertz CT molecular complexity index is 841. The van der Waals surface area contributed by atoms with E-state index >= 15 is 0 Å². The van der Waals surface area contributed by atoms with Crippen LogP contribution in [-0.4, -0.2) is 70.2 Å². The van der Waals surface area contributed by atoms with Gasteiger partial charge in [0.05, 0.1) is 17.2 Å². The number of carbonyl (C=O) groups excluding carboxylic acids is 3. The summed E-state index contributed by atoms with van der Waals surface area (Å²) < 4.78 is 0. The number of nitrogens with zero attached hydrogens (tertiary/aromatic N) is 4. The number of fused-ring (bicyclic) bond motifs is 1. The fourth-order valence-electron chi connectivity index (χ4n) is 4.31. The highest BCUT2D eigenvalue weighted by Gasteiger charge is 2.42. The third kappa shape index (κ3) is 3.15. The van der Waals surface area contributed by atoms with Crippen molar-refractivity contribution >= 4 is 23.4 Å². The molecule has 9 nitrogen and oxygen atoms in total. The maximum absolute atomic E-state index is 12.7. The number of likely N-dealkylation sites (tertiary alicyclic amines) is 2. The smallest absolute Gasteiger partial charge is 0.282 e. The van der Waals surface area contributed by atoms with E-state index in [1.807, 2.05) is 9.80 Å². The van der Waals surface area contributed by atoms with Gasteiger partial charge in [0.2, 0.25) is 5.91 Å². The number of nitro groups is 1. The summed E-state index contributed by atoms with van der Waals surface area (Å²) in [5.41, 5.74) is -0.386. The van der Waals surface area contributed by atoms with E-state index in [2.05, 4.69) is 0 Å². The van der Waals surface area contributed by atoms with Crippen molar-refractivity contribution in [2.75, 3.05) is 32.8 Å². The minimum Gasteiger partial charge on any atom is -0.342 e. The lowest BCUT2D eigenvalue weighted by atomic mass is 9.95. The summed E-state index contributed by atoms with van der Waals surface area (Å²) in [7, 11) is 0. The highest BCUT2D eigenvalue weighted by atomic mass is 16.6. The number of piperidine rings is 1. The first kappa shape index (κ1) is 18.5. The molecule has 0 atom stereocenters. The SMILES string of the molecule is O=C(C1CCN(CN2C(=O)c3cccc([N+](=O)[O-])c3C2=O)CC1)N1CCCC1. The highest BCUT2D eigenvalue weighted by molar-refractivity contribution is 6.23. The molecule has 1 aromatic rings. The van der Waals surface area contributed by atoms with Gasteiger partial charge in [0.15, 0.2) is 0 Å². The van der Waals surface area contributed by atoms with E-state index in [1.54, 1.807) is 0 Å². The molecule has 3 aliphatic rings. The number of hydrogen-bond acceptors (Lipinski definition) is 6. The van der Waals surface area contributed by atoms with Crippen LogP contribution in [0.5, 0.6) is 0 Å². The monoisotopic (exact) mass is 386 g/mol. The first-order valence-electron chi connectivity index (χ1n) is 9.62. The summed E-state index contributed by atoms with van der Waals surface area (Å²) in [5, 5.41) is 11.2. The van der Waals surface area contributed by atoms with Crippen molar-refractivity contribution in [3.63, 3.8) is 0 Å². The van der Waals surface area contributed by atoms with Gasteiger partial charge >= 0.3 is 0 Å². The normalized spacial score (nSPS) is 20.7. The molecule has 1 aromatic carbocycles. The summed E-state index contributed by atoms with van der Waals surface area (Å²) in [6.07, 6.45) is 3.52. The van der Waals surface area contributed by atoms with E-state index in [9.17, 15) is 24.5 Å². The van der Waals surface area contributed by atoms with Crippen molar-refractivity contribution in [3.8, 4) is 0 Å². The molecule has 148 valence electrons. The van der Waals surface area contributed by atoms with Crippen LogP contribution >= 0.6 is 0 Å². The molecule has 0 radical (unpaired) electrons. The summed E-state index contributed by atoms with van der Waals surface area (Å²) in [4.78, 5) is 53.3.